The lowest BCUT2D eigenvalue weighted by atomic mass is 9.83. The molecule has 0 unspecified atom stereocenters. The zero-order valence-corrected chi connectivity index (χ0v) is 15.5. The van der Waals surface area contributed by atoms with Gasteiger partial charge < -0.3 is 15.0 Å². The maximum atomic E-state index is 12.7. The van der Waals surface area contributed by atoms with Crippen molar-refractivity contribution in [1.82, 2.24) is 10.2 Å². The van der Waals surface area contributed by atoms with E-state index in [1.54, 1.807) is 7.11 Å². The molecule has 0 aromatic rings. The Balaban J connectivity index is 1.49. The molecule has 0 radical (unpaired) electrons. The highest BCUT2D eigenvalue weighted by Crippen LogP contribution is 2.33. The molecule has 4 heteroatoms. The van der Waals surface area contributed by atoms with Gasteiger partial charge in [0.2, 0.25) is 5.91 Å². The number of piperidine rings is 1. The van der Waals surface area contributed by atoms with Crippen LogP contribution in [-0.4, -0.2) is 49.7 Å². The number of rotatable bonds is 8. The summed E-state index contributed by atoms with van der Waals surface area (Å²) in [6.45, 7) is 4.27. The van der Waals surface area contributed by atoms with Crippen LogP contribution in [0.1, 0.15) is 70.6 Å². The Morgan fingerprint density at radius 1 is 1.08 bits per heavy atom. The van der Waals surface area contributed by atoms with Gasteiger partial charge in [0, 0.05) is 45.3 Å². The largest absolute Gasteiger partial charge is 0.385 e. The highest BCUT2D eigenvalue weighted by molar-refractivity contribution is 5.77. The van der Waals surface area contributed by atoms with E-state index in [0.29, 0.717) is 5.92 Å². The maximum absolute atomic E-state index is 12.7. The van der Waals surface area contributed by atoms with Gasteiger partial charge in [-0.1, -0.05) is 19.3 Å². The second kappa shape index (κ2) is 8.66. The predicted molar refractivity (Wildman–Crippen MR) is 97.0 cm³/mol. The number of carbonyl (C=O) groups excluding carboxylic acids is 1. The number of amides is 1. The first-order chi connectivity index (χ1) is 11.7. The highest BCUT2D eigenvalue weighted by atomic mass is 16.5. The molecule has 4 nitrogen and oxygen atoms in total. The molecule has 1 saturated heterocycles. The van der Waals surface area contributed by atoms with Crippen LogP contribution < -0.4 is 5.32 Å². The predicted octanol–water partition coefficient (Wildman–Crippen LogP) is 3.35. The molecule has 3 aliphatic rings. The SMILES string of the molecule is COCCC1(NC(=O)CC2CCCCC2)CCN(CC2CC2)CC1. The Hall–Kier alpha value is -0.610. The van der Waals surface area contributed by atoms with E-state index in [9.17, 15) is 4.79 Å². The lowest BCUT2D eigenvalue weighted by Crippen LogP contribution is -2.56. The molecule has 1 N–H and O–H groups in total. The van der Waals surface area contributed by atoms with Crippen molar-refractivity contribution < 1.29 is 9.53 Å². The highest BCUT2D eigenvalue weighted by Gasteiger charge is 2.37. The van der Waals surface area contributed by atoms with Crippen molar-refractivity contribution >= 4 is 5.91 Å². The van der Waals surface area contributed by atoms with Gasteiger partial charge in [-0.15, -0.1) is 0 Å². The van der Waals surface area contributed by atoms with E-state index >= 15 is 0 Å². The number of hydrogen-bond acceptors (Lipinski definition) is 3. The first kappa shape index (κ1) is 18.2. The van der Waals surface area contributed by atoms with Crippen LogP contribution in [0.5, 0.6) is 0 Å². The zero-order chi connectivity index (χ0) is 16.8. The Morgan fingerprint density at radius 3 is 2.42 bits per heavy atom. The number of carbonyl (C=O) groups is 1. The lowest BCUT2D eigenvalue weighted by Gasteiger charge is -2.43. The molecule has 1 heterocycles. The van der Waals surface area contributed by atoms with E-state index in [1.165, 1.54) is 51.5 Å². The van der Waals surface area contributed by atoms with Crippen molar-refractivity contribution in [2.45, 2.75) is 76.2 Å². The molecular weight excluding hydrogens is 300 g/mol. The molecule has 24 heavy (non-hydrogen) atoms. The quantitative estimate of drug-likeness (QED) is 0.739. The summed E-state index contributed by atoms with van der Waals surface area (Å²) < 4.78 is 5.34. The number of nitrogens with zero attached hydrogens (tertiary/aromatic N) is 1. The molecule has 3 fully saturated rings. The summed E-state index contributed by atoms with van der Waals surface area (Å²) in [5.41, 5.74) is -0.0260. The van der Waals surface area contributed by atoms with Crippen LogP contribution in [0.2, 0.25) is 0 Å². The smallest absolute Gasteiger partial charge is 0.220 e. The fourth-order valence-electron chi connectivity index (χ4n) is 4.56. The maximum Gasteiger partial charge on any atom is 0.220 e. The van der Waals surface area contributed by atoms with Crippen molar-refractivity contribution in [3.8, 4) is 0 Å². The topological polar surface area (TPSA) is 41.6 Å². The van der Waals surface area contributed by atoms with Crippen LogP contribution in [0.3, 0.4) is 0 Å². The molecule has 2 aliphatic carbocycles. The van der Waals surface area contributed by atoms with E-state index in [-0.39, 0.29) is 11.4 Å². The van der Waals surface area contributed by atoms with E-state index < -0.39 is 0 Å². The molecule has 1 amide bonds. The van der Waals surface area contributed by atoms with Crippen molar-refractivity contribution in [3.05, 3.63) is 0 Å². The van der Waals surface area contributed by atoms with Crippen LogP contribution in [0.4, 0.5) is 0 Å². The monoisotopic (exact) mass is 336 g/mol. The second-order valence-corrected chi connectivity index (χ2v) is 8.52. The van der Waals surface area contributed by atoms with Crippen LogP contribution >= 0.6 is 0 Å². The van der Waals surface area contributed by atoms with Crippen LogP contribution in [0.15, 0.2) is 0 Å². The number of likely N-dealkylation sites (tertiary alicyclic amines) is 1. The standard InChI is InChI=1S/C20H36N2O2/c1-24-14-11-20(9-12-22(13-10-20)16-18-7-8-18)21-19(23)15-17-5-3-2-4-6-17/h17-18H,2-16H2,1H3,(H,21,23). The Labute approximate surface area is 147 Å². The van der Waals surface area contributed by atoms with Gasteiger partial charge in [-0.2, -0.15) is 0 Å². The lowest BCUT2D eigenvalue weighted by molar-refractivity contribution is -0.125. The number of ether oxygens (including phenoxy) is 1. The summed E-state index contributed by atoms with van der Waals surface area (Å²) in [4.78, 5) is 15.3. The third-order valence-corrected chi connectivity index (χ3v) is 6.41. The van der Waals surface area contributed by atoms with Gasteiger partial charge in [0.25, 0.3) is 0 Å². The molecule has 2 saturated carbocycles. The van der Waals surface area contributed by atoms with Crippen LogP contribution in [-0.2, 0) is 9.53 Å². The van der Waals surface area contributed by atoms with E-state index in [1.807, 2.05) is 0 Å². The van der Waals surface area contributed by atoms with E-state index in [0.717, 1.165) is 51.3 Å². The number of hydrogen-bond donors (Lipinski definition) is 1. The molecular formula is C20H36N2O2. The summed E-state index contributed by atoms with van der Waals surface area (Å²) in [7, 11) is 1.76. The fourth-order valence-corrected chi connectivity index (χ4v) is 4.56. The summed E-state index contributed by atoms with van der Waals surface area (Å²) in [6.07, 6.45) is 13.2. The first-order valence-corrected chi connectivity index (χ1v) is 10.2. The normalized spacial score (nSPS) is 25.5. The average molecular weight is 337 g/mol. The van der Waals surface area contributed by atoms with Gasteiger partial charge in [-0.3, -0.25) is 4.79 Å². The van der Waals surface area contributed by atoms with Crippen molar-refractivity contribution in [2.24, 2.45) is 11.8 Å². The molecule has 0 atom stereocenters. The number of nitrogens with one attached hydrogen (secondary N) is 1. The summed E-state index contributed by atoms with van der Waals surface area (Å²) in [6, 6.07) is 0. The van der Waals surface area contributed by atoms with Gasteiger partial charge in [0.15, 0.2) is 0 Å². The molecule has 0 spiro atoms. The molecule has 1 aliphatic heterocycles. The van der Waals surface area contributed by atoms with Gasteiger partial charge in [0.1, 0.15) is 0 Å². The summed E-state index contributed by atoms with van der Waals surface area (Å²) in [5.74, 6) is 1.86. The van der Waals surface area contributed by atoms with Crippen molar-refractivity contribution in [3.63, 3.8) is 0 Å². The van der Waals surface area contributed by atoms with Gasteiger partial charge in [-0.25, -0.2) is 0 Å². The van der Waals surface area contributed by atoms with Gasteiger partial charge in [-0.05, 0) is 56.8 Å². The molecule has 138 valence electrons. The minimum absolute atomic E-state index is 0.0260. The Morgan fingerprint density at radius 2 is 1.79 bits per heavy atom. The molecule has 0 bridgehead atoms. The Bertz CT molecular complexity index is 394. The molecule has 0 aromatic heterocycles. The van der Waals surface area contributed by atoms with Crippen LogP contribution in [0.25, 0.3) is 0 Å². The average Bonchev–Trinajstić information content (AvgIpc) is 3.40. The molecule has 3 rings (SSSR count). The fraction of sp³-hybridized carbons (Fsp3) is 0.950. The minimum Gasteiger partial charge on any atom is -0.385 e. The first-order valence-electron chi connectivity index (χ1n) is 10.2. The molecule has 0 aromatic carbocycles. The summed E-state index contributed by atoms with van der Waals surface area (Å²) in [5, 5.41) is 3.46. The van der Waals surface area contributed by atoms with Crippen LogP contribution in [0, 0.1) is 11.8 Å². The van der Waals surface area contributed by atoms with E-state index in [2.05, 4.69) is 10.2 Å². The minimum atomic E-state index is -0.0260. The van der Waals surface area contributed by atoms with Crippen molar-refractivity contribution in [1.29, 1.82) is 0 Å². The zero-order valence-electron chi connectivity index (χ0n) is 15.5. The third kappa shape index (κ3) is 5.45. The summed E-state index contributed by atoms with van der Waals surface area (Å²) >= 11 is 0. The third-order valence-electron chi connectivity index (χ3n) is 6.41. The van der Waals surface area contributed by atoms with Gasteiger partial charge in [0.05, 0.1) is 0 Å². The van der Waals surface area contributed by atoms with Gasteiger partial charge >= 0.3 is 0 Å². The Kier molecular flexibility index (Phi) is 6.56. The number of methoxy groups -OCH3 is 1. The van der Waals surface area contributed by atoms with E-state index in [4.69, 9.17) is 4.74 Å². The second-order valence-electron chi connectivity index (χ2n) is 8.52. The van der Waals surface area contributed by atoms with Crippen molar-refractivity contribution in [2.75, 3.05) is 33.4 Å².